The van der Waals surface area contributed by atoms with Crippen LogP contribution in [0.15, 0.2) is 83.5 Å². The molecule has 0 fully saturated rings. The molecule has 3 aromatic rings. The Hall–Kier alpha value is -3.13. The van der Waals surface area contributed by atoms with Crippen LogP contribution in [0.3, 0.4) is 0 Å². The van der Waals surface area contributed by atoms with Crippen LogP contribution in [0.2, 0.25) is 0 Å². The molecule has 2 heteroatoms. The first-order valence-electron chi connectivity index (χ1n) is 9.67. The van der Waals surface area contributed by atoms with Crippen molar-refractivity contribution in [2.24, 2.45) is 4.99 Å². The molecule has 1 N–H and O–H groups in total. The third-order valence-corrected chi connectivity index (χ3v) is 4.90. The van der Waals surface area contributed by atoms with Gasteiger partial charge in [0, 0.05) is 16.9 Å². The summed E-state index contributed by atoms with van der Waals surface area (Å²) >= 11 is 0. The van der Waals surface area contributed by atoms with Gasteiger partial charge in [-0.15, -0.1) is 0 Å². The molecule has 0 bridgehead atoms. The molecule has 0 heterocycles. The molecule has 0 aliphatic carbocycles. The Labute approximate surface area is 168 Å². The van der Waals surface area contributed by atoms with Crippen molar-refractivity contribution in [2.75, 3.05) is 5.32 Å². The van der Waals surface area contributed by atoms with Crippen molar-refractivity contribution >= 4 is 17.1 Å². The number of nitrogens with zero attached hydrogens (tertiary/aromatic N) is 1. The van der Waals surface area contributed by atoms with E-state index in [0.717, 1.165) is 28.3 Å². The van der Waals surface area contributed by atoms with Crippen LogP contribution in [-0.4, -0.2) is 5.71 Å². The quantitative estimate of drug-likeness (QED) is 0.479. The zero-order valence-corrected chi connectivity index (χ0v) is 17.4. The number of nitrogens with one attached hydrogen (secondary N) is 1. The predicted octanol–water partition coefficient (Wildman–Crippen LogP) is 7.06. The first-order chi connectivity index (χ1) is 13.5. The van der Waals surface area contributed by atoms with Gasteiger partial charge in [0.15, 0.2) is 0 Å². The molecule has 0 radical (unpaired) electrons. The lowest BCUT2D eigenvalue weighted by atomic mass is 10.1. The molecular weight excluding hydrogens is 340 g/mol. The first-order valence-corrected chi connectivity index (χ1v) is 9.67. The van der Waals surface area contributed by atoms with Crippen molar-refractivity contribution in [3.05, 3.63) is 106 Å². The number of hydrogen-bond donors (Lipinski definition) is 1. The lowest BCUT2D eigenvalue weighted by Crippen LogP contribution is -2.05. The van der Waals surface area contributed by atoms with E-state index < -0.39 is 0 Å². The molecule has 0 aromatic heterocycles. The molecular formula is C26H28N2. The van der Waals surface area contributed by atoms with Crippen molar-refractivity contribution in [3.63, 3.8) is 0 Å². The maximum atomic E-state index is 5.05. The van der Waals surface area contributed by atoms with Crippen LogP contribution in [0.25, 0.3) is 0 Å². The van der Waals surface area contributed by atoms with E-state index in [0.29, 0.717) is 0 Å². The van der Waals surface area contributed by atoms with Gasteiger partial charge in [-0.25, -0.2) is 4.99 Å². The average Bonchev–Trinajstić information content (AvgIpc) is 2.67. The summed E-state index contributed by atoms with van der Waals surface area (Å²) in [6.45, 7) is 10.6. The van der Waals surface area contributed by atoms with Crippen LogP contribution in [0.1, 0.15) is 34.7 Å². The van der Waals surface area contributed by atoms with Gasteiger partial charge < -0.3 is 5.32 Å². The molecule has 2 nitrogen and oxygen atoms in total. The fourth-order valence-electron chi connectivity index (χ4n) is 3.34. The van der Waals surface area contributed by atoms with Gasteiger partial charge in [0.25, 0.3) is 0 Å². The van der Waals surface area contributed by atoms with Crippen LogP contribution in [0.5, 0.6) is 0 Å². The Morgan fingerprint density at radius 1 is 0.714 bits per heavy atom. The SMILES string of the molecule is C/C(=C/C(=Nc1c(C)cccc1C)c1ccccc1)Nc1c(C)cccc1C. The number of anilines is 1. The zero-order chi connectivity index (χ0) is 20.1. The zero-order valence-electron chi connectivity index (χ0n) is 17.4. The van der Waals surface area contributed by atoms with Crippen LogP contribution in [0.4, 0.5) is 11.4 Å². The Morgan fingerprint density at radius 3 is 1.82 bits per heavy atom. The van der Waals surface area contributed by atoms with Crippen molar-refractivity contribution in [3.8, 4) is 0 Å². The van der Waals surface area contributed by atoms with Gasteiger partial charge in [0.2, 0.25) is 0 Å². The molecule has 142 valence electrons. The van der Waals surface area contributed by atoms with E-state index >= 15 is 0 Å². The average molecular weight is 369 g/mol. The summed E-state index contributed by atoms with van der Waals surface area (Å²) in [5.41, 5.74) is 10.2. The topological polar surface area (TPSA) is 24.4 Å². The maximum Gasteiger partial charge on any atom is 0.0726 e. The lowest BCUT2D eigenvalue weighted by molar-refractivity contribution is 1.29. The van der Waals surface area contributed by atoms with E-state index in [9.17, 15) is 0 Å². The van der Waals surface area contributed by atoms with Gasteiger partial charge in [0.1, 0.15) is 0 Å². The van der Waals surface area contributed by atoms with Gasteiger partial charge in [-0.2, -0.15) is 0 Å². The number of aliphatic imine (C=N–C) groups is 1. The largest absolute Gasteiger partial charge is 0.359 e. The molecule has 3 rings (SSSR count). The van der Waals surface area contributed by atoms with Crippen molar-refractivity contribution < 1.29 is 0 Å². The minimum absolute atomic E-state index is 0.953. The standard InChI is InChI=1S/C26H28N2/c1-18-11-9-12-19(2)25(18)27-22(5)17-24(23-15-7-6-8-16-23)28-26-20(3)13-10-14-21(26)4/h6-17,27H,1-5H3/b22-17-,28-24?. The molecule has 0 aliphatic heterocycles. The summed E-state index contributed by atoms with van der Waals surface area (Å²) in [6, 6.07) is 23.0. The van der Waals surface area contributed by atoms with E-state index in [2.05, 4.69) is 107 Å². The smallest absolute Gasteiger partial charge is 0.0726 e. The summed E-state index contributed by atoms with van der Waals surface area (Å²) in [4.78, 5) is 5.05. The number of rotatable bonds is 5. The summed E-state index contributed by atoms with van der Waals surface area (Å²) in [7, 11) is 0. The molecule has 3 aromatic carbocycles. The molecule has 28 heavy (non-hydrogen) atoms. The van der Waals surface area contributed by atoms with Crippen molar-refractivity contribution in [1.29, 1.82) is 0 Å². The monoisotopic (exact) mass is 368 g/mol. The summed E-state index contributed by atoms with van der Waals surface area (Å²) in [5, 5.41) is 3.57. The molecule has 0 aliphatic rings. The van der Waals surface area contributed by atoms with Gasteiger partial charge in [-0.05, 0) is 62.9 Å². The minimum atomic E-state index is 0.953. The van der Waals surface area contributed by atoms with Crippen LogP contribution in [0, 0.1) is 27.7 Å². The predicted molar refractivity (Wildman–Crippen MR) is 122 cm³/mol. The molecule has 0 spiro atoms. The molecule has 0 atom stereocenters. The van der Waals surface area contributed by atoms with Crippen LogP contribution in [-0.2, 0) is 0 Å². The maximum absolute atomic E-state index is 5.05. The normalized spacial score (nSPS) is 12.2. The fourth-order valence-corrected chi connectivity index (χ4v) is 3.34. The van der Waals surface area contributed by atoms with Gasteiger partial charge in [-0.1, -0.05) is 66.7 Å². The Balaban J connectivity index is 2.05. The van der Waals surface area contributed by atoms with E-state index in [4.69, 9.17) is 4.99 Å². The van der Waals surface area contributed by atoms with Crippen LogP contribution >= 0.6 is 0 Å². The fraction of sp³-hybridized carbons (Fsp3) is 0.192. The van der Waals surface area contributed by atoms with Gasteiger partial charge in [-0.3, -0.25) is 0 Å². The molecule has 0 unspecified atom stereocenters. The van der Waals surface area contributed by atoms with E-state index in [1.807, 2.05) is 6.07 Å². The first kappa shape index (κ1) is 19.6. The number of benzene rings is 3. The van der Waals surface area contributed by atoms with E-state index in [1.54, 1.807) is 0 Å². The van der Waals surface area contributed by atoms with E-state index in [-0.39, 0.29) is 0 Å². The Kier molecular flexibility index (Phi) is 6.10. The highest BCUT2D eigenvalue weighted by Crippen LogP contribution is 2.25. The highest BCUT2D eigenvalue weighted by molar-refractivity contribution is 6.10. The van der Waals surface area contributed by atoms with Crippen molar-refractivity contribution in [2.45, 2.75) is 34.6 Å². The second-order valence-corrected chi connectivity index (χ2v) is 7.32. The number of allylic oxidation sites excluding steroid dienone is 2. The minimum Gasteiger partial charge on any atom is -0.359 e. The molecule has 0 saturated heterocycles. The summed E-state index contributed by atoms with van der Waals surface area (Å²) in [5.74, 6) is 0. The second-order valence-electron chi connectivity index (χ2n) is 7.32. The Bertz CT molecular complexity index is 987. The van der Waals surface area contributed by atoms with Gasteiger partial charge >= 0.3 is 0 Å². The third-order valence-electron chi connectivity index (χ3n) is 4.90. The number of aryl methyl sites for hydroxylation is 4. The van der Waals surface area contributed by atoms with Gasteiger partial charge in [0.05, 0.1) is 11.4 Å². The third kappa shape index (κ3) is 4.58. The van der Waals surface area contributed by atoms with Crippen molar-refractivity contribution in [1.82, 2.24) is 0 Å². The second kappa shape index (κ2) is 8.71. The molecule has 0 amide bonds. The number of hydrogen-bond acceptors (Lipinski definition) is 2. The van der Waals surface area contributed by atoms with Crippen LogP contribution < -0.4 is 5.32 Å². The summed E-state index contributed by atoms with van der Waals surface area (Å²) in [6.07, 6.45) is 2.13. The molecule has 0 saturated carbocycles. The number of para-hydroxylation sites is 2. The Morgan fingerprint density at radius 2 is 1.25 bits per heavy atom. The van der Waals surface area contributed by atoms with E-state index in [1.165, 1.54) is 22.3 Å². The highest BCUT2D eigenvalue weighted by Gasteiger charge is 2.07. The highest BCUT2D eigenvalue weighted by atomic mass is 14.9. The summed E-state index contributed by atoms with van der Waals surface area (Å²) < 4.78 is 0. The lowest BCUT2D eigenvalue weighted by Gasteiger charge is -2.14.